The second-order valence-corrected chi connectivity index (χ2v) is 4.87. The van der Waals surface area contributed by atoms with E-state index in [4.69, 9.17) is 0 Å². The van der Waals surface area contributed by atoms with Crippen molar-refractivity contribution in [3.8, 4) is 17.3 Å². The van der Waals surface area contributed by atoms with E-state index in [1.165, 1.54) is 0 Å². The minimum atomic E-state index is -0.238. The predicted molar refractivity (Wildman–Crippen MR) is 71.0 cm³/mol. The van der Waals surface area contributed by atoms with Crippen LogP contribution in [0.1, 0.15) is 37.2 Å². The van der Waals surface area contributed by atoms with Gasteiger partial charge in [-0.2, -0.15) is 4.98 Å². The summed E-state index contributed by atoms with van der Waals surface area (Å²) in [5.41, 5.74) is 0.885. The van der Waals surface area contributed by atoms with Gasteiger partial charge in [0, 0.05) is 18.0 Å². The Kier molecular flexibility index (Phi) is 3.03. The molecule has 1 aliphatic rings. The first-order valence-corrected chi connectivity index (χ1v) is 6.49. The molecule has 0 amide bonds. The maximum absolute atomic E-state index is 12.1. The van der Waals surface area contributed by atoms with Crippen LogP contribution in [-0.4, -0.2) is 20.1 Å². The van der Waals surface area contributed by atoms with Gasteiger partial charge in [0.15, 0.2) is 0 Å². The lowest BCUT2D eigenvalue weighted by molar-refractivity contribution is 0.436. The average molecular weight is 257 g/mol. The summed E-state index contributed by atoms with van der Waals surface area (Å²) in [5.74, 6) is 0.353. The van der Waals surface area contributed by atoms with Crippen molar-refractivity contribution in [1.82, 2.24) is 15.0 Å². The summed E-state index contributed by atoms with van der Waals surface area (Å²) in [4.78, 5) is 23.0. The van der Waals surface area contributed by atoms with Crippen LogP contribution in [0.4, 0.5) is 0 Å². The topological polar surface area (TPSA) is 78.9 Å². The van der Waals surface area contributed by atoms with Crippen molar-refractivity contribution in [2.75, 3.05) is 0 Å². The first-order valence-electron chi connectivity index (χ1n) is 6.49. The van der Waals surface area contributed by atoms with E-state index in [1.54, 1.807) is 24.5 Å². The van der Waals surface area contributed by atoms with Crippen LogP contribution in [0, 0.1) is 0 Å². The van der Waals surface area contributed by atoms with Crippen LogP contribution in [0.25, 0.3) is 11.4 Å². The second kappa shape index (κ2) is 4.84. The number of nitrogens with one attached hydrogen (secondary N) is 1. The molecule has 0 bridgehead atoms. The summed E-state index contributed by atoms with van der Waals surface area (Å²) in [7, 11) is 0. The van der Waals surface area contributed by atoms with E-state index >= 15 is 0 Å². The van der Waals surface area contributed by atoms with Gasteiger partial charge in [-0.05, 0) is 30.9 Å². The van der Waals surface area contributed by atoms with Gasteiger partial charge in [0.1, 0.15) is 5.82 Å². The van der Waals surface area contributed by atoms with E-state index in [0.29, 0.717) is 17.0 Å². The van der Waals surface area contributed by atoms with Gasteiger partial charge in [-0.25, -0.2) is 0 Å². The number of aromatic nitrogens is 3. The Hall–Kier alpha value is -2.17. The normalized spacial score (nSPS) is 15.8. The third kappa shape index (κ3) is 2.23. The maximum atomic E-state index is 12.1. The Morgan fingerprint density at radius 1 is 1.32 bits per heavy atom. The molecule has 19 heavy (non-hydrogen) atoms. The van der Waals surface area contributed by atoms with E-state index in [1.807, 2.05) is 0 Å². The fourth-order valence-electron chi connectivity index (χ4n) is 2.69. The van der Waals surface area contributed by atoms with Gasteiger partial charge < -0.3 is 10.1 Å². The minimum absolute atomic E-state index is 0.138. The number of hydrogen-bond donors (Lipinski definition) is 2. The molecule has 2 aromatic heterocycles. The number of aromatic hydroxyl groups is 1. The molecule has 2 heterocycles. The van der Waals surface area contributed by atoms with Crippen LogP contribution >= 0.6 is 0 Å². The SMILES string of the molecule is O=c1[nH]c(-c2cccnc2)nc(O)c1C1CCCC1. The van der Waals surface area contributed by atoms with Gasteiger partial charge in [-0.1, -0.05) is 12.8 Å². The molecule has 5 nitrogen and oxygen atoms in total. The highest BCUT2D eigenvalue weighted by Gasteiger charge is 2.24. The molecule has 0 spiro atoms. The maximum Gasteiger partial charge on any atom is 0.258 e. The fourth-order valence-corrected chi connectivity index (χ4v) is 2.69. The van der Waals surface area contributed by atoms with Crippen molar-refractivity contribution >= 4 is 0 Å². The summed E-state index contributed by atoms with van der Waals surface area (Å²) in [5, 5.41) is 10.0. The third-order valence-electron chi connectivity index (χ3n) is 3.63. The second-order valence-electron chi connectivity index (χ2n) is 4.87. The molecule has 0 saturated heterocycles. The average Bonchev–Trinajstić information content (AvgIpc) is 2.93. The Morgan fingerprint density at radius 3 is 2.74 bits per heavy atom. The van der Waals surface area contributed by atoms with Crippen LogP contribution in [0.2, 0.25) is 0 Å². The van der Waals surface area contributed by atoms with Crippen LogP contribution in [-0.2, 0) is 0 Å². The van der Waals surface area contributed by atoms with E-state index in [2.05, 4.69) is 15.0 Å². The molecule has 98 valence electrons. The summed E-state index contributed by atoms with van der Waals surface area (Å²) in [6.45, 7) is 0. The number of rotatable bonds is 2. The smallest absolute Gasteiger partial charge is 0.258 e. The van der Waals surface area contributed by atoms with Crippen LogP contribution in [0.5, 0.6) is 5.88 Å². The van der Waals surface area contributed by atoms with Crippen molar-refractivity contribution in [3.05, 3.63) is 40.4 Å². The summed E-state index contributed by atoms with van der Waals surface area (Å²) in [6.07, 6.45) is 7.36. The highest BCUT2D eigenvalue weighted by molar-refractivity contribution is 5.54. The van der Waals surface area contributed by atoms with Crippen LogP contribution in [0.3, 0.4) is 0 Å². The molecule has 2 aromatic rings. The lowest BCUT2D eigenvalue weighted by atomic mass is 10.00. The zero-order chi connectivity index (χ0) is 13.2. The molecule has 3 rings (SSSR count). The van der Waals surface area contributed by atoms with Gasteiger partial charge in [0.2, 0.25) is 5.88 Å². The zero-order valence-electron chi connectivity index (χ0n) is 10.5. The van der Waals surface area contributed by atoms with Gasteiger partial charge >= 0.3 is 0 Å². The van der Waals surface area contributed by atoms with Crippen molar-refractivity contribution in [3.63, 3.8) is 0 Å². The first-order chi connectivity index (χ1) is 9.25. The van der Waals surface area contributed by atoms with Crippen LogP contribution < -0.4 is 5.56 Å². The molecule has 0 radical (unpaired) electrons. The lowest BCUT2D eigenvalue weighted by Gasteiger charge is -2.10. The standard InChI is InChI=1S/C14H15N3O2/c18-13-11(9-4-1-2-5-9)14(19)17-12(16-13)10-6-3-7-15-8-10/h3,6-9H,1-2,4-5H2,(H2,16,17,18,19). The number of H-pyrrole nitrogens is 1. The molecule has 2 N–H and O–H groups in total. The molecule has 1 fully saturated rings. The molecule has 0 aromatic carbocycles. The molecule has 0 aliphatic heterocycles. The summed E-state index contributed by atoms with van der Waals surface area (Å²) < 4.78 is 0. The number of nitrogens with zero attached hydrogens (tertiary/aromatic N) is 2. The lowest BCUT2D eigenvalue weighted by Crippen LogP contribution is -2.17. The quantitative estimate of drug-likeness (QED) is 0.864. The van der Waals surface area contributed by atoms with Crippen molar-refractivity contribution < 1.29 is 5.11 Å². The van der Waals surface area contributed by atoms with E-state index in [0.717, 1.165) is 25.7 Å². The summed E-state index contributed by atoms with van der Waals surface area (Å²) in [6, 6.07) is 3.55. The highest BCUT2D eigenvalue weighted by Crippen LogP contribution is 2.35. The minimum Gasteiger partial charge on any atom is -0.493 e. The van der Waals surface area contributed by atoms with Gasteiger partial charge in [-0.3, -0.25) is 9.78 Å². The fraction of sp³-hybridized carbons (Fsp3) is 0.357. The van der Waals surface area contributed by atoms with E-state index in [9.17, 15) is 9.90 Å². The van der Waals surface area contributed by atoms with Crippen LogP contribution in [0.15, 0.2) is 29.3 Å². The third-order valence-corrected chi connectivity index (χ3v) is 3.63. The molecule has 1 aliphatic carbocycles. The van der Waals surface area contributed by atoms with E-state index < -0.39 is 0 Å². The van der Waals surface area contributed by atoms with Crippen molar-refractivity contribution in [2.45, 2.75) is 31.6 Å². The Morgan fingerprint density at radius 2 is 2.11 bits per heavy atom. The van der Waals surface area contributed by atoms with E-state index in [-0.39, 0.29) is 17.4 Å². The first kappa shape index (κ1) is 11.9. The number of aromatic amines is 1. The number of pyridine rings is 1. The molecule has 0 unspecified atom stereocenters. The summed E-state index contributed by atoms with van der Waals surface area (Å²) >= 11 is 0. The Balaban J connectivity index is 2.05. The molecular weight excluding hydrogens is 242 g/mol. The van der Waals surface area contributed by atoms with Crippen molar-refractivity contribution in [1.29, 1.82) is 0 Å². The highest BCUT2D eigenvalue weighted by atomic mass is 16.3. The Labute approximate surface area is 110 Å². The molecular formula is C14H15N3O2. The largest absolute Gasteiger partial charge is 0.493 e. The van der Waals surface area contributed by atoms with Gasteiger partial charge in [-0.15, -0.1) is 0 Å². The van der Waals surface area contributed by atoms with Gasteiger partial charge in [0.05, 0.1) is 5.56 Å². The van der Waals surface area contributed by atoms with Crippen molar-refractivity contribution in [2.24, 2.45) is 0 Å². The molecule has 5 heteroatoms. The zero-order valence-corrected chi connectivity index (χ0v) is 10.5. The monoisotopic (exact) mass is 257 g/mol. The van der Waals surface area contributed by atoms with Gasteiger partial charge in [0.25, 0.3) is 5.56 Å². The number of hydrogen-bond acceptors (Lipinski definition) is 4. The predicted octanol–water partition coefficient (Wildman–Crippen LogP) is 2.20. The molecule has 0 atom stereocenters. The molecule has 1 saturated carbocycles. The Bertz CT molecular complexity index is 631.